The molecule has 0 aliphatic carbocycles. The predicted octanol–water partition coefficient (Wildman–Crippen LogP) is 2.43. The summed E-state index contributed by atoms with van der Waals surface area (Å²) < 4.78 is 18.7. The Morgan fingerprint density at radius 2 is 2.22 bits per heavy atom. The summed E-state index contributed by atoms with van der Waals surface area (Å²) in [6.45, 7) is 3.35. The fourth-order valence-corrected chi connectivity index (χ4v) is 2.93. The molecule has 1 N–H and O–H groups in total. The Labute approximate surface area is 136 Å². The molecule has 1 amide bonds. The minimum Gasteiger partial charge on any atom is -0.391 e. The van der Waals surface area contributed by atoms with Gasteiger partial charge in [0.25, 0.3) is 5.91 Å². The molecule has 122 valence electrons. The lowest BCUT2D eigenvalue weighted by Gasteiger charge is -2.22. The highest BCUT2D eigenvalue weighted by atomic mass is 35.5. The molecule has 0 radical (unpaired) electrons. The van der Waals surface area contributed by atoms with Gasteiger partial charge in [-0.3, -0.25) is 4.79 Å². The molecule has 23 heavy (non-hydrogen) atoms. The van der Waals surface area contributed by atoms with Gasteiger partial charge in [0.2, 0.25) is 5.89 Å². The van der Waals surface area contributed by atoms with Crippen molar-refractivity contribution in [1.29, 1.82) is 0 Å². The number of benzene rings is 1. The quantitative estimate of drug-likeness (QED) is 0.909. The van der Waals surface area contributed by atoms with Crippen LogP contribution in [0, 0.1) is 19.7 Å². The van der Waals surface area contributed by atoms with Gasteiger partial charge in [-0.15, -0.1) is 0 Å². The van der Waals surface area contributed by atoms with Crippen molar-refractivity contribution in [2.75, 3.05) is 6.54 Å². The molecule has 1 fully saturated rings. The Morgan fingerprint density at radius 3 is 2.87 bits per heavy atom. The molecule has 1 aliphatic rings. The molecule has 1 aliphatic heterocycles. The maximum absolute atomic E-state index is 13.5. The van der Waals surface area contributed by atoms with E-state index in [1.165, 1.54) is 11.0 Å². The Bertz CT molecular complexity index is 764. The molecule has 3 rings (SSSR count). The van der Waals surface area contributed by atoms with Gasteiger partial charge >= 0.3 is 0 Å². The number of aliphatic hydroxyl groups is 1. The Morgan fingerprint density at radius 1 is 1.48 bits per heavy atom. The molecule has 8 heteroatoms. The Hall–Kier alpha value is -1.99. The number of carbonyl (C=O) groups excluding carboxylic acids is 1. The van der Waals surface area contributed by atoms with E-state index >= 15 is 0 Å². The van der Waals surface area contributed by atoms with Gasteiger partial charge in [0.15, 0.2) is 5.82 Å². The maximum atomic E-state index is 13.5. The maximum Gasteiger partial charge on any atom is 0.256 e. The molecule has 2 atom stereocenters. The second-order valence-electron chi connectivity index (χ2n) is 5.62. The summed E-state index contributed by atoms with van der Waals surface area (Å²) in [5.74, 6) is -0.167. The average molecular weight is 340 g/mol. The van der Waals surface area contributed by atoms with Crippen molar-refractivity contribution in [3.63, 3.8) is 0 Å². The monoisotopic (exact) mass is 339 g/mol. The summed E-state index contributed by atoms with van der Waals surface area (Å²) in [5, 5.41) is 13.7. The number of aryl methyl sites for hydroxylation is 2. The molecule has 0 saturated carbocycles. The van der Waals surface area contributed by atoms with Crippen molar-refractivity contribution >= 4 is 17.5 Å². The van der Waals surface area contributed by atoms with Crippen LogP contribution < -0.4 is 0 Å². The number of aromatic nitrogens is 2. The Kier molecular flexibility index (Phi) is 4.08. The number of likely N-dealkylation sites (tertiary alicyclic amines) is 1. The van der Waals surface area contributed by atoms with Crippen molar-refractivity contribution in [1.82, 2.24) is 15.0 Å². The molecular weight excluding hydrogens is 325 g/mol. The van der Waals surface area contributed by atoms with E-state index in [-0.39, 0.29) is 23.0 Å². The molecule has 0 unspecified atom stereocenters. The molecular formula is C15H15ClFN3O3. The van der Waals surface area contributed by atoms with Crippen molar-refractivity contribution in [3.8, 4) is 0 Å². The number of halogens is 2. The third-order valence-corrected chi connectivity index (χ3v) is 4.16. The Balaban J connectivity index is 1.95. The number of carbonyl (C=O) groups is 1. The molecule has 1 saturated heterocycles. The van der Waals surface area contributed by atoms with Gasteiger partial charge in [-0.2, -0.15) is 4.98 Å². The lowest BCUT2D eigenvalue weighted by Crippen LogP contribution is -2.32. The standard InChI is InChI=1S/C15H15ClFN3O3/c1-7-3-10(11(16)5-12(7)17)15(22)20-6-9(21)4-13(20)14-18-8(2)19-23-14/h3,5,9,13,21H,4,6H2,1-2H3/t9-,13+/m0/s1. The highest BCUT2D eigenvalue weighted by Gasteiger charge is 2.39. The summed E-state index contributed by atoms with van der Waals surface area (Å²) >= 11 is 6.01. The van der Waals surface area contributed by atoms with Crippen molar-refractivity contribution < 1.29 is 18.8 Å². The van der Waals surface area contributed by atoms with Gasteiger partial charge in [0.05, 0.1) is 16.7 Å². The molecule has 0 spiro atoms. The minimum absolute atomic E-state index is 0.0277. The first-order valence-electron chi connectivity index (χ1n) is 7.11. The van der Waals surface area contributed by atoms with E-state index in [4.69, 9.17) is 16.1 Å². The number of hydrogen-bond acceptors (Lipinski definition) is 5. The van der Waals surface area contributed by atoms with Crippen LogP contribution in [-0.2, 0) is 0 Å². The largest absolute Gasteiger partial charge is 0.391 e. The van der Waals surface area contributed by atoms with Crippen LogP contribution in [-0.4, -0.2) is 38.7 Å². The lowest BCUT2D eigenvalue weighted by molar-refractivity contribution is 0.0693. The minimum atomic E-state index is -0.698. The highest BCUT2D eigenvalue weighted by Crippen LogP contribution is 2.34. The molecule has 0 bridgehead atoms. The molecule has 1 aromatic carbocycles. The van der Waals surface area contributed by atoms with Crippen LogP contribution in [0.15, 0.2) is 16.7 Å². The van der Waals surface area contributed by atoms with Crippen molar-refractivity contribution in [2.45, 2.75) is 32.4 Å². The normalized spacial score (nSPS) is 21.0. The van der Waals surface area contributed by atoms with Crippen molar-refractivity contribution in [3.05, 3.63) is 45.8 Å². The zero-order valence-corrected chi connectivity index (χ0v) is 13.3. The lowest BCUT2D eigenvalue weighted by atomic mass is 10.1. The second-order valence-corrected chi connectivity index (χ2v) is 6.03. The number of aliphatic hydroxyl groups excluding tert-OH is 1. The molecule has 6 nitrogen and oxygen atoms in total. The first kappa shape index (κ1) is 15.9. The van der Waals surface area contributed by atoms with Crippen molar-refractivity contribution in [2.24, 2.45) is 0 Å². The third-order valence-electron chi connectivity index (χ3n) is 3.85. The van der Waals surface area contributed by atoms with Gasteiger partial charge in [-0.1, -0.05) is 16.8 Å². The number of amides is 1. The van der Waals surface area contributed by atoms with Gasteiger partial charge in [-0.05, 0) is 31.5 Å². The predicted molar refractivity (Wildman–Crippen MR) is 79.6 cm³/mol. The summed E-state index contributed by atoms with van der Waals surface area (Å²) in [6, 6.07) is 1.99. The van der Waals surface area contributed by atoms with E-state index in [1.807, 2.05) is 0 Å². The number of nitrogens with zero attached hydrogens (tertiary/aromatic N) is 3. The second kappa shape index (κ2) is 5.90. The van der Waals surface area contributed by atoms with E-state index in [2.05, 4.69) is 10.1 Å². The smallest absolute Gasteiger partial charge is 0.256 e. The van der Waals surface area contributed by atoms with Gasteiger partial charge in [0, 0.05) is 13.0 Å². The van der Waals surface area contributed by atoms with E-state index < -0.39 is 23.9 Å². The summed E-state index contributed by atoms with van der Waals surface area (Å²) in [5.41, 5.74) is 0.503. The first-order chi connectivity index (χ1) is 10.9. The summed E-state index contributed by atoms with van der Waals surface area (Å²) in [4.78, 5) is 18.3. The SMILES string of the molecule is Cc1noc([C@H]2C[C@H](O)CN2C(=O)c2cc(C)c(F)cc2Cl)n1. The third kappa shape index (κ3) is 2.94. The van der Waals surface area contributed by atoms with Gasteiger partial charge < -0.3 is 14.5 Å². The fraction of sp³-hybridized carbons (Fsp3) is 0.400. The van der Waals surface area contributed by atoms with E-state index in [9.17, 15) is 14.3 Å². The highest BCUT2D eigenvalue weighted by molar-refractivity contribution is 6.33. The zero-order valence-electron chi connectivity index (χ0n) is 12.6. The molecule has 1 aromatic heterocycles. The van der Waals surface area contributed by atoms with E-state index in [1.54, 1.807) is 13.8 Å². The number of β-amino-alcohol motifs (C(OH)–C–C–N with tert-alkyl or cyclic N) is 1. The average Bonchev–Trinajstić information content (AvgIpc) is 3.08. The zero-order chi connectivity index (χ0) is 16.7. The van der Waals surface area contributed by atoms with E-state index in [0.29, 0.717) is 17.8 Å². The molecule has 2 aromatic rings. The van der Waals surface area contributed by atoms with E-state index in [0.717, 1.165) is 6.07 Å². The first-order valence-corrected chi connectivity index (χ1v) is 7.49. The van der Waals surface area contributed by atoms with Crippen LogP contribution in [0.2, 0.25) is 5.02 Å². The molecule has 2 heterocycles. The van der Waals surface area contributed by atoms with Crippen LogP contribution in [0.1, 0.15) is 40.1 Å². The fourth-order valence-electron chi connectivity index (χ4n) is 2.70. The number of rotatable bonds is 2. The van der Waals surface area contributed by atoms with Gasteiger partial charge in [0.1, 0.15) is 11.9 Å². The summed E-state index contributed by atoms with van der Waals surface area (Å²) in [6.07, 6.45) is -0.401. The summed E-state index contributed by atoms with van der Waals surface area (Å²) in [7, 11) is 0. The van der Waals surface area contributed by atoms with Crippen LogP contribution in [0.4, 0.5) is 4.39 Å². The van der Waals surface area contributed by atoms with Crippen LogP contribution in [0.5, 0.6) is 0 Å². The topological polar surface area (TPSA) is 79.5 Å². The van der Waals surface area contributed by atoms with Crippen LogP contribution in [0.3, 0.4) is 0 Å². The van der Waals surface area contributed by atoms with Gasteiger partial charge in [-0.25, -0.2) is 4.39 Å². The number of hydrogen-bond donors (Lipinski definition) is 1. The van der Waals surface area contributed by atoms with Crippen LogP contribution >= 0.6 is 11.6 Å². The van der Waals surface area contributed by atoms with Crippen LogP contribution in [0.25, 0.3) is 0 Å².